The Morgan fingerprint density at radius 2 is 1.97 bits per heavy atom. The fraction of sp³-hybridized carbons (Fsp3) is 0.350. The number of nitriles is 1. The molecular weight excluding hydrogens is 392 g/mol. The smallest absolute Gasteiger partial charge is 0.278 e. The molecule has 4 rings (SSSR count). The second kappa shape index (κ2) is 8.15. The van der Waals surface area contributed by atoms with Crippen molar-refractivity contribution < 1.29 is 9.63 Å². The van der Waals surface area contributed by atoms with Gasteiger partial charge in [-0.15, -0.1) is 10.2 Å². The molecule has 0 bridgehead atoms. The number of hydrogen-bond donors (Lipinski definition) is 1. The first-order chi connectivity index (χ1) is 14.1. The van der Waals surface area contributed by atoms with E-state index in [9.17, 15) is 5.26 Å². The average molecular weight is 411 g/mol. The van der Waals surface area contributed by atoms with Crippen molar-refractivity contribution in [3.8, 4) is 17.7 Å². The Balaban J connectivity index is 1.43. The number of halogens is 1. The summed E-state index contributed by atoms with van der Waals surface area (Å²) in [7, 11) is 0. The molecule has 0 radical (unpaired) electrons. The molecule has 0 aliphatic carbocycles. The van der Waals surface area contributed by atoms with Gasteiger partial charge in [-0.05, 0) is 43.0 Å². The van der Waals surface area contributed by atoms with Gasteiger partial charge in [0, 0.05) is 18.1 Å². The van der Waals surface area contributed by atoms with Gasteiger partial charge in [-0.1, -0.05) is 35.0 Å². The predicted molar refractivity (Wildman–Crippen MR) is 106 cm³/mol. The molecule has 148 valence electrons. The third kappa shape index (κ3) is 4.06. The summed E-state index contributed by atoms with van der Waals surface area (Å²) in [6.07, 6.45) is 2.09. The summed E-state index contributed by atoms with van der Waals surface area (Å²) < 4.78 is 5.05. The molecule has 1 N–H and O–H groups in total. The molecule has 9 heteroatoms. The zero-order chi connectivity index (χ0) is 20.3. The number of hydrogen-bond acceptors (Lipinski definition) is 8. The van der Waals surface area contributed by atoms with Crippen LogP contribution in [0.15, 0.2) is 40.9 Å². The number of anilines is 1. The van der Waals surface area contributed by atoms with Gasteiger partial charge in [0.15, 0.2) is 17.3 Å². The van der Waals surface area contributed by atoms with Gasteiger partial charge in [0.25, 0.3) is 5.89 Å². The zero-order valence-corrected chi connectivity index (χ0v) is 16.4. The van der Waals surface area contributed by atoms with Crippen LogP contribution in [0, 0.1) is 16.7 Å². The van der Waals surface area contributed by atoms with Gasteiger partial charge in [0.1, 0.15) is 6.61 Å². The van der Waals surface area contributed by atoms with E-state index in [1.165, 1.54) is 0 Å². The largest absolute Gasteiger partial charge is 0.388 e. The molecule has 2 aromatic heterocycles. The van der Waals surface area contributed by atoms with Crippen molar-refractivity contribution in [2.24, 2.45) is 5.41 Å². The standard InChI is InChI=1S/C20H19ClN6O2/c21-15-4-2-1-3-14(15)11-20(13-22)7-9-27(10-8-20)18-6-5-16(24-25-18)19-23-17(12-28)26-29-19/h1-6,28H,7-12H2. The maximum atomic E-state index is 9.85. The normalized spacial score (nSPS) is 15.8. The van der Waals surface area contributed by atoms with E-state index in [1.807, 2.05) is 30.3 Å². The molecule has 0 amide bonds. The lowest BCUT2D eigenvalue weighted by Gasteiger charge is -2.38. The molecule has 0 unspecified atom stereocenters. The summed E-state index contributed by atoms with van der Waals surface area (Å²) >= 11 is 6.29. The van der Waals surface area contributed by atoms with Crippen LogP contribution in [0.4, 0.5) is 5.82 Å². The summed E-state index contributed by atoms with van der Waals surface area (Å²) in [5.41, 5.74) is 1.03. The monoisotopic (exact) mass is 410 g/mol. The van der Waals surface area contributed by atoms with Gasteiger partial charge in [0.2, 0.25) is 0 Å². The zero-order valence-electron chi connectivity index (χ0n) is 15.6. The van der Waals surface area contributed by atoms with Crippen LogP contribution >= 0.6 is 11.6 Å². The van der Waals surface area contributed by atoms with Gasteiger partial charge in [0.05, 0.1) is 11.5 Å². The predicted octanol–water partition coefficient (Wildman–Crippen LogP) is 3.03. The highest BCUT2D eigenvalue weighted by Gasteiger charge is 2.36. The number of aromatic nitrogens is 4. The minimum atomic E-state index is -0.431. The quantitative estimate of drug-likeness (QED) is 0.683. The molecule has 1 aliphatic rings. The van der Waals surface area contributed by atoms with E-state index in [0.717, 1.165) is 24.2 Å². The highest BCUT2D eigenvalue weighted by Crippen LogP contribution is 2.37. The van der Waals surface area contributed by atoms with Gasteiger partial charge >= 0.3 is 0 Å². The minimum Gasteiger partial charge on any atom is -0.388 e. The fourth-order valence-corrected chi connectivity index (χ4v) is 3.73. The average Bonchev–Trinajstić information content (AvgIpc) is 3.25. The van der Waals surface area contributed by atoms with Crippen LogP contribution in [-0.4, -0.2) is 38.5 Å². The van der Waals surface area contributed by atoms with Crippen LogP contribution in [-0.2, 0) is 13.0 Å². The molecule has 0 atom stereocenters. The van der Waals surface area contributed by atoms with E-state index >= 15 is 0 Å². The molecule has 3 aromatic rings. The van der Waals surface area contributed by atoms with Crippen molar-refractivity contribution in [1.82, 2.24) is 20.3 Å². The highest BCUT2D eigenvalue weighted by molar-refractivity contribution is 6.31. The maximum Gasteiger partial charge on any atom is 0.278 e. The SMILES string of the molecule is N#CC1(Cc2ccccc2Cl)CCN(c2ccc(-c3nc(CO)no3)nn2)CC1. The lowest BCUT2D eigenvalue weighted by molar-refractivity contribution is 0.264. The van der Waals surface area contributed by atoms with Gasteiger partial charge in [-0.2, -0.15) is 10.2 Å². The molecule has 3 heterocycles. The van der Waals surface area contributed by atoms with Crippen molar-refractivity contribution in [3.05, 3.63) is 52.8 Å². The maximum absolute atomic E-state index is 9.85. The Morgan fingerprint density at radius 1 is 1.17 bits per heavy atom. The lowest BCUT2D eigenvalue weighted by Crippen LogP contribution is -2.41. The van der Waals surface area contributed by atoms with E-state index < -0.39 is 5.41 Å². The third-order valence-electron chi connectivity index (χ3n) is 5.25. The van der Waals surface area contributed by atoms with Crippen molar-refractivity contribution in [2.75, 3.05) is 18.0 Å². The Bertz CT molecular complexity index is 1020. The molecule has 1 aromatic carbocycles. The van der Waals surface area contributed by atoms with Crippen molar-refractivity contribution >= 4 is 17.4 Å². The Labute approximate surface area is 172 Å². The fourth-order valence-electron chi connectivity index (χ4n) is 3.53. The first kappa shape index (κ1) is 19.3. The van der Waals surface area contributed by atoms with Crippen LogP contribution in [0.2, 0.25) is 5.02 Å². The molecule has 1 fully saturated rings. The Hall–Kier alpha value is -3.02. The number of piperidine rings is 1. The molecule has 1 saturated heterocycles. The Kier molecular flexibility index (Phi) is 5.43. The van der Waals surface area contributed by atoms with Gasteiger partial charge < -0.3 is 14.5 Å². The van der Waals surface area contributed by atoms with Crippen LogP contribution in [0.5, 0.6) is 0 Å². The summed E-state index contributed by atoms with van der Waals surface area (Å²) in [5.74, 6) is 1.16. The number of nitrogens with zero attached hydrogens (tertiary/aromatic N) is 6. The first-order valence-electron chi connectivity index (χ1n) is 9.30. The third-order valence-corrected chi connectivity index (χ3v) is 5.62. The van der Waals surface area contributed by atoms with Crippen molar-refractivity contribution in [1.29, 1.82) is 5.26 Å². The lowest BCUT2D eigenvalue weighted by atomic mass is 9.75. The highest BCUT2D eigenvalue weighted by atomic mass is 35.5. The van der Waals surface area contributed by atoms with Gasteiger partial charge in [-0.25, -0.2) is 0 Å². The summed E-state index contributed by atoms with van der Waals surface area (Å²) in [6.45, 7) is 1.13. The van der Waals surface area contributed by atoms with E-state index in [-0.39, 0.29) is 18.3 Å². The minimum absolute atomic E-state index is 0.202. The first-order valence-corrected chi connectivity index (χ1v) is 9.67. The van der Waals surface area contributed by atoms with Crippen LogP contribution in [0.25, 0.3) is 11.6 Å². The van der Waals surface area contributed by atoms with E-state index in [4.69, 9.17) is 21.2 Å². The van der Waals surface area contributed by atoms with Crippen molar-refractivity contribution in [2.45, 2.75) is 25.9 Å². The summed E-state index contributed by atoms with van der Waals surface area (Å²) in [4.78, 5) is 6.14. The second-order valence-corrected chi connectivity index (χ2v) is 7.51. The van der Waals surface area contributed by atoms with E-state index in [2.05, 4.69) is 31.3 Å². The molecule has 0 saturated carbocycles. The summed E-state index contributed by atoms with van der Waals surface area (Å²) in [5, 5.41) is 31.6. The van der Waals surface area contributed by atoms with Crippen molar-refractivity contribution in [3.63, 3.8) is 0 Å². The van der Waals surface area contributed by atoms with Gasteiger partial charge in [-0.3, -0.25) is 0 Å². The second-order valence-electron chi connectivity index (χ2n) is 7.10. The number of aliphatic hydroxyl groups is 1. The van der Waals surface area contributed by atoms with Crippen LogP contribution in [0.3, 0.4) is 0 Å². The number of benzene rings is 1. The molecular formula is C20H19ClN6O2. The summed E-state index contributed by atoms with van der Waals surface area (Å²) in [6, 6.07) is 13.8. The number of rotatable bonds is 5. The van der Waals surface area contributed by atoms with E-state index in [1.54, 1.807) is 6.07 Å². The molecule has 1 aliphatic heterocycles. The molecule has 0 spiro atoms. The van der Waals surface area contributed by atoms with Crippen LogP contribution in [0.1, 0.15) is 24.2 Å². The molecule has 29 heavy (non-hydrogen) atoms. The molecule has 8 nitrogen and oxygen atoms in total. The number of aliphatic hydroxyl groups excluding tert-OH is 1. The Morgan fingerprint density at radius 3 is 2.59 bits per heavy atom. The van der Waals surface area contributed by atoms with Crippen LogP contribution < -0.4 is 4.90 Å². The van der Waals surface area contributed by atoms with E-state index in [0.29, 0.717) is 30.2 Å². The topological polar surface area (TPSA) is 112 Å².